The van der Waals surface area contributed by atoms with Crippen molar-refractivity contribution in [2.45, 2.75) is 26.8 Å². The van der Waals surface area contributed by atoms with Crippen LogP contribution in [-0.4, -0.2) is 51.7 Å². The van der Waals surface area contributed by atoms with Gasteiger partial charge in [0.2, 0.25) is 0 Å². The molecule has 150 valence electrons. The summed E-state index contributed by atoms with van der Waals surface area (Å²) in [4.78, 5) is 17.6. The minimum Gasteiger partial charge on any atom is -0.336 e. The van der Waals surface area contributed by atoms with E-state index in [9.17, 15) is 4.79 Å². The number of hydrogen-bond acceptors (Lipinski definition) is 3. The van der Waals surface area contributed by atoms with E-state index in [4.69, 9.17) is 0 Å². The van der Waals surface area contributed by atoms with E-state index in [1.54, 1.807) is 6.20 Å². The van der Waals surface area contributed by atoms with Crippen LogP contribution in [0.25, 0.3) is 5.69 Å². The summed E-state index contributed by atoms with van der Waals surface area (Å²) in [5, 5.41) is 4.53. The van der Waals surface area contributed by atoms with Gasteiger partial charge < -0.3 is 4.90 Å². The number of carbonyl (C=O) groups excluding carboxylic acids is 1. The van der Waals surface area contributed by atoms with Crippen LogP contribution in [0, 0.1) is 6.92 Å². The first-order chi connectivity index (χ1) is 14.2. The molecule has 1 aromatic heterocycles. The molecular weight excluding hydrogens is 360 g/mol. The normalized spacial score (nSPS) is 14.9. The Balaban J connectivity index is 1.44. The first-order valence-electron chi connectivity index (χ1n) is 10.3. The van der Waals surface area contributed by atoms with Crippen molar-refractivity contribution >= 4 is 5.91 Å². The zero-order chi connectivity index (χ0) is 20.2. The smallest absolute Gasteiger partial charge is 0.257 e. The second kappa shape index (κ2) is 8.62. The summed E-state index contributed by atoms with van der Waals surface area (Å²) in [6, 6.07) is 18.8. The molecule has 1 saturated heterocycles. The Morgan fingerprint density at radius 3 is 2.31 bits per heavy atom. The molecule has 0 spiro atoms. The van der Waals surface area contributed by atoms with Crippen molar-refractivity contribution in [1.82, 2.24) is 19.6 Å². The van der Waals surface area contributed by atoms with E-state index in [1.807, 2.05) is 15.6 Å². The summed E-state index contributed by atoms with van der Waals surface area (Å²) >= 11 is 0. The monoisotopic (exact) mass is 388 g/mol. The molecule has 5 nitrogen and oxygen atoms in total. The maximum absolute atomic E-state index is 13.2. The van der Waals surface area contributed by atoms with E-state index in [0.717, 1.165) is 56.1 Å². The number of rotatable bonds is 5. The Hall–Kier alpha value is -2.92. The van der Waals surface area contributed by atoms with E-state index < -0.39 is 0 Å². The predicted octanol–water partition coefficient (Wildman–Crippen LogP) is 3.70. The molecule has 0 radical (unpaired) electrons. The van der Waals surface area contributed by atoms with Gasteiger partial charge >= 0.3 is 0 Å². The van der Waals surface area contributed by atoms with Gasteiger partial charge in [0, 0.05) is 32.7 Å². The lowest BCUT2D eigenvalue weighted by atomic mass is 10.1. The molecule has 1 aliphatic heterocycles. The van der Waals surface area contributed by atoms with Crippen molar-refractivity contribution in [1.29, 1.82) is 0 Å². The van der Waals surface area contributed by atoms with Gasteiger partial charge in [-0.05, 0) is 31.0 Å². The molecule has 2 aromatic carbocycles. The van der Waals surface area contributed by atoms with Crippen molar-refractivity contribution in [3.8, 4) is 5.69 Å². The minimum atomic E-state index is 0.0968. The number of aryl methyl sites for hydroxylation is 1. The number of carbonyl (C=O) groups is 1. The van der Waals surface area contributed by atoms with Crippen LogP contribution in [0.5, 0.6) is 0 Å². The highest BCUT2D eigenvalue weighted by molar-refractivity contribution is 5.95. The average Bonchev–Trinajstić information content (AvgIpc) is 3.19. The zero-order valence-corrected chi connectivity index (χ0v) is 17.2. The number of amides is 1. The van der Waals surface area contributed by atoms with E-state index in [2.05, 4.69) is 72.4 Å². The number of piperazine rings is 1. The zero-order valence-electron chi connectivity index (χ0n) is 17.2. The molecule has 0 N–H and O–H groups in total. The van der Waals surface area contributed by atoms with Crippen molar-refractivity contribution in [3.05, 3.63) is 83.2 Å². The van der Waals surface area contributed by atoms with Gasteiger partial charge in [-0.2, -0.15) is 5.10 Å². The van der Waals surface area contributed by atoms with E-state index in [1.165, 1.54) is 11.1 Å². The van der Waals surface area contributed by atoms with Crippen LogP contribution in [0.2, 0.25) is 0 Å². The van der Waals surface area contributed by atoms with E-state index in [-0.39, 0.29) is 5.91 Å². The second-order valence-corrected chi connectivity index (χ2v) is 7.66. The van der Waals surface area contributed by atoms with Crippen LogP contribution < -0.4 is 0 Å². The van der Waals surface area contributed by atoms with Crippen LogP contribution in [-0.2, 0) is 13.0 Å². The fourth-order valence-corrected chi connectivity index (χ4v) is 3.92. The standard InChI is InChI=1S/C24H28N4O/c1-3-23-22(17-25-28(23)21-11-9-19(2)10-12-21)24(29)27-15-13-26(14-16-27)18-20-7-5-4-6-8-20/h4-12,17H,3,13-16,18H2,1-2H3. The largest absolute Gasteiger partial charge is 0.336 e. The van der Waals surface area contributed by atoms with E-state index in [0.29, 0.717) is 0 Å². The molecule has 3 aromatic rings. The van der Waals surface area contributed by atoms with Crippen molar-refractivity contribution in [2.75, 3.05) is 26.2 Å². The molecule has 4 rings (SSSR count). The summed E-state index contributed by atoms with van der Waals surface area (Å²) in [6.45, 7) is 8.39. The molecule has 1 amide bonds. The summed E-state index contributed by atoms with van der Waals surface area (Å²) < 4.78 is 1.90. The average molecular weight is 389 g/mol. The number of benzene rings is 2. The Kier molecular flexibility index (Phi) is 5.76. The molecule has 2 heterocycles. The van der Waals surface area contributed by atoms with Crippen LogP contribution in [0.15, 0.2) is 60.8 Å². The fourth-order valence-electron chi connectivity index (χ4n) is 3.92. The lowest BCUT2D eigenvalue weighted by molar-refractivity contribution is 0.0627. The summed E-state index contributed by atoms with van der Waals surface area (Å²) in [7, 11) is 0. The predicted molar refractivity (Wildman–Crippen MR) is 115 cm³/mol. The Labute approximate surface area is 172 Å². The molecule has 5 heteroatoms. The van der Waals surface area contributed by atoms with Gasteiger partial charge in [-0.3, -0.25) is 9.69 Å². The first-order valence-corrected chi connectivity index (χ1v) is 10.3. The molecule has 0 atom stereocenters. The molecule has 0 aliphatic carbocycles. The van der Waals surface area contributed by atoms with Gasteiger partial charge in [0.1, 0.15) is 0 Å². The quantitative estimate of drug-likeness (QED) is 0.669. The maximum Gasteiger partial charge on any atom is 0.257 e. The van der Waals surface area contributed by atoms with Gasteiger partial charge in [0.15, 0.2) is 0 Å². The highest BCUT2D eigenvalue weighted by Gasteiger charge is 2.26. The van der Waals surface area contributed by atoms with E-state index >= 15 is 0 Å². The summed E-state index contributed by atoms with van der Waals surface area (Å²) in [5.41, 5.74) is 5.23. The third-order valence-corrected chi connectivity index (χ3v) is 5.62. The third kappa shape index (κ3) is 4.25. The number of aromatic nitrogens is 2. The van der Waals surface area contributed by atoms with Gasteiger partial charge in [0.25, 0.3) is 5.91 Å². The molecule has 0 bridgehead atoms. The summed E-state index contributed by atoms with van der Waals surface area (Å²) in [6.07, 6.45) is 2.50. The van der Waals surface area contributed by atoms with Crippen molar-refractivity contribution in [3.63, 3.8) is 0 Å². The molecule has 0 saturated carbocycles. The number of nitrogens with zero attached hydrogens (tertiary/aromatic N) is 4. The highest BCUT2D eigenvalue weighted by Crippen LogP contribution is 2.19. The Bertz CT molecular complexity index is 954. The van der Waals surface area contributed by atoms with Gasteiger partial charge in [0.05, 0.1) is 23.1 Å². The third-order valence-electron chi connectivity index (χ3n) is 5.62. The topological polar surface area (TPSA) is 41.4 Å². The molecule has 1 fully saturated rings. The lowest BCUT2D eigenvalue weighted by Crippen LogP contribution is -2.48. The van der Waals surface area contributed by atoms with Crippen LogP contribution in [0.3, 0.4) is 0 Å². The minimum absolute atomic E-state index is 0.0968. The fraction of sp³-hybridized carbons (Fsp3) is 0.333. The molecule has 1 aliphatic rings. The number of hydrogen-bond donors (Lipinski definition) is 0. The molecule has 29 heavy (non-hydrogen) atoms. The van der Waals surface area contributed by atoms with Crippen LogP contribution >= 0.6 is 0 Å². The van der Waals surface area contributed by atoms with Crippen molar-refractivity contribution < 1.29 is 4.79 Å². The van der Waals surface area contributed by atoms with Crippen molar-refractivity contribution in [2.24, 2.45) is 0 Å². The second-order valence-electron chi connectivity index (χ2n) is 7.66. The summed E-state index contributed by atoms with van der Waals surface area (Å²) in [5.74, 6) is 0.0968. The SMILES string of the molecule is CCc1c(C(=O)N2CCN(Cc3ccccc3)CC2)cnn1-c1ccc(C)cc1. The van der Waals surface area contributed by atoms with Gasteiger partial charge in [-0.15, -0.1) is 0 Å². The highest BCUT2D eigenvalue weighted by atomic mass is 16.2. The molecular formula is C24H28N4O. The van der Waals surface area contributed by atoms with Gasteiger partial charge in [-0.25, -0.2) is 4.68 Å². The van der Waals surface area contributed by atoms with Crippen LogP contribution in [0.1, 0.15) is 34.1 Å². The first kappa shape index (κ1) is 19.4. The molecule has 0 unspecified atom stereocenters. The maximum atomic E-state index is 13.2. The van der Waals surface area contributed by atoms with Gasteiger partial charge in [-0.1, -0.05) is 55.0 Å². The van der Waals surface area contributed by atoms with Crippen LogP contribution in [0.4, 0.5) is 0 Å². The Morgan fingerprint density at radius 1 is 0.966 bits per heavy atom. The Morgan fingerprint density at radius 2 is 1.66 bits per heavy atom. The lowest BCUT2D eigenvalue weighted by Gasteiger charge is -2.34.